The SMILES string of the molecule is Cc1ccc(CN(C(=O)c2cccc(F)c2)c2ccc(CC(=O)NCc3ccccn3)cc2)cc1. The molecule has 0 aliphatic rings. The van der Waals surface area contributed by atoms with Crippen LogP contribution in [0.2, 0.25) is 0 Å². The van der Waals surface area contributed by atoms with Crippen LogP contribution in [0.25, 0.3) is 0 Å². The zero-order valence-corrected chi connectivity index (χ0v) is 19.4. The number of hydrogen-bond acceptors (Lipinski definition) is 3. The molecule has 0 radical (unpaired) electrons. The summed E-state index contributed by atoms with van der Waals surface area (Å²) in [6, 6.07) is 26.5. The first-order valence-electron chi connectivity index (χ1n) is 11.4. The largest absolute Gasteiger partial charge is 0.350 e. The standard InChI is InChI=1S/C29H26FN3O2/c1-21-8-10-23(11-9-21)20-33(29(35)24-5-4-6-25(30)18-24)27-14-12-22(13-15-27)17-28(34)32-19-26-7-2-3-16-31-26/h2-16,18H,17,19-20H2,1H3,(H,32,34). The maximum atomic E-state index is 13.8. The van der Waals surface area contributed by atoms with Crippen molar-refractivity contribution in [1.82, 2.24) is 10.3 Å². The monoisotopic (exact) mass is 467 g/mol. The lowest BCUT2D eigenvalue weighted by molar-refractivity contribution is -0.120. The molecule has 6 heteroatoms. The van der Waals surface area contributed by atoms with Crippen LogP contribution in [0, 0.1) is 12.7 Å². The average molecular weight is 468 g/mol. The summed E-state index contributed by atoms with van der Waals surface area (Å²) in [4.78, 5) is 31.5. The van der Waals surface area contributed by atoms with Gasteiger partial charge in [-0.3, -0.25) is 14.6 Å². The molecule has 0 saturated heterocycles. The van der Waals surface area contributed by atoms with E-state index in [0.29, 0.717) is 18.8 Å². The van der Waals surface area contributed by atoms with E-state index in [1.807, 2.05) is 73.7 Å². The van der Waals surface area contributed by atoms with Crippen molar-refractivity contribution in [2.24, 2.45) is 0 Å². The van der Waals surface area contributed by atoms with Gasteiger partial charge in [-0.05, 0) is 60.5 Å². The van der Waals surface area contributed by atoms with Gasteiger partial charge in [-0.1, -0.05) is 54.1 Å². The topological polar surface area (TPSA) is 62.3 Å². The van der Waals surface area contributed by atoms with Crippen LogP contribution in [0.4, 0.5) is 10.1 Å². The number of carbonyl (C=O) groups is 2. The van der Waals surface area contributed by atoms with Crippen molar-refractivity contribution in [3.8, 4) is 0 Å². The Hall–Kier alpha value is -4.32. The van der Waals surface area contributed by atoms with Gasteiger partial charge in [-0.25, -0.2) is 4.39 Å². The summed E-state index contributed by atoms with van der Waals surface area (Å²) < 4.78 is 13.8. The van der Waals surface area contributed by atoms with Crippen molar-refractivity contribution < 1.29 is 14.0 Å². The number of halogens is 1. The lowest BCUT2D eigenvalue weighted by Gasteiger charge is -2.24. The molecule has 0 aliphatic heterocycles. The number of aromatic nitrogens is 1. The number of pyridine rings is 1. The van der Waals surface area contributed by atoms with Crippen molar-refractivity contribution in [2.45, 2.75) is 26.4 Å². The molecule has 0 fully saturated rings. The van der Waals surface area contributed by atoms with E-state index in [1.54, 1.807) is 17.2 Å². The number of nitrogens with one attached hydrogen (secondary N) is 1. The van der Waals surface area contributed by atoms with Gasteiger partial charge in [0.05, 0.1) is 25.2 Å². The molecule has 2 amide bonds. The van der Waals surface area contributed by atoms with Crippen LogP contribution in [0.15, 0.2) is 97.2 Å². The Balaban J connectivity index is 1.49. The van der Waals surface area contributed by atoms with Crippen molar-refractivity contribution in [3.63, 3.8) is 0 Å². The Morgan fingerprint density at radius 1 is 0.886 bits per heavy atom. The van der Waals surface area contributed by atoms with Gasteiger partial charge >= 0.3 is 0 Å². The fourth-order valence-corrected chi connectivity index (χ4v) is 3.67. The highest BCUT2D eigenvalue weighted by Gasteiger charge is 2.19. The molecule has 0 bridgehead atoms. The van der Waals surface area contributed by atoms with Gasteiger partial charge in [0.25, 0.3) is 5.91 Å². The van der Waals surface area contributed by atoms with Crippen molar-refractivity contribution in [2.75, 3.05) is 4.90 Å². The number of rotatable bonds is 8. The van der Waals surface area contributed by atoms with Crippen molar-refractivity contribution in [1.29, 1.82) is 0 Å². The van der Waals surface area contributed by atoms with E-state index in [2.05, 4.69) is 10.3 Å². The third-order valence-corrected chi connectivity index (χ3v) is 5.58. The second kappa shape index (κ2) is 11.2. The second-order valence-corrected chi connectivity index (χ2v) is 8.33. The summed E-state index contributed by atoms with van der Waals surface area (Å²) in [5.41, 5.74) is 4.63. The second-order valence-electron chi connectivity index (χ2n) is 8.33. The van der Waals surface area contributed by atoms with Gasteiger partial charge in [0.1, 0.15) is 5.82 Å². The van der Waals surface area contributed by atoms with Crippen LogP contribution in [0.1, 0.15) is 32.7 Å². The van der Waals surface area contributed by atoms with Gasteiger partial charge in [0.2, 0.25) is 5.91 Å². The van der Waals surface area contributed by atoms with Crippen LogP contribution in [-0.2, 0) is 24.3 Å². The third-order valence-electron chi connectivity index (χ3n) is 5.58. The number of nitrogens with zero attached hydrogens (tertiary/aromatic N) is 2. The summed E-state index contributed by atoms with van der Waals surface area (Å²) in [5.74, 6) is -0.875. The molecule has 0 aliphatic carbocycles. The fraction of sp³-hybridized carbons (Fsp3) is 0.138. The molecule has 35 heavy (non-hydrogen) atoms. The smallest absolute Gasteiger partial charge is 0.258 e. The minimum atomic E-state index is -0.460. The molecule has 176 valence electrons. The molecule has 5 nitrogen and oxygen atoms in total. The zero-order valence-electron chi connectivity index (χ0n) is 19.4. The molecule has 1 heterocycles. The third kappa shape index (κ3) is 6.60. The first-order chi connectivity index (χ1) is 17.0. The highest BCUT2D eigenvalue weighted by atomic mass is 19.1. The highest BCUT2D eigenvalue weighted by molar-refractivity contribution is 6.06. The van der Waals surface area contributed by atoms with Gasteiger partial charge in [-0.15, -0.1) is 0 Å². The maximum Gasteiger partial charge on any atom is 0.258 e. The summed E-state index contributed by atoms with van der Waals surface area (Å²) in [7, 11) is 0. The predicted molar refractivity (Wildman–Crippen MR) is 134 cm³/mol. The van der Waals surface area contributed by atoms with Crippen LogP contribution >= 0.6 is 0 Å². The Morgan fingerprint density at radius 2 is 1.63 bits per heavy atom. The Kier molecular flexibility index (Phi) is 7.63. The number of carbonyl (C=O) groups excluding carboxylic acids is 2. The summed E-state index contributed by atoms with van der Waals surface area (Å²) in [6.45, 7) is 2.70. The van der Waals surface area contributed by atoms with Gasteiger partial charge in [-0.2, -0.15) is 0 Å². The summed E-state index contributed by atoms with van der Waals surface area (Å²) in [5, 5.41) is 2.87. The van der Waals surface area contributed by atoms with E-state index < -0.39 is 5.82 Å². The van der Waals surface area contributed by atoms with Crippen LogP contribution in [-0.4, -0.2) is 16.8 Å². The predicted octanol–water partition coefficient (Wildman–Crippen LogP) is 5.24. The van der Waals surface area contributed by atoms with Gasteiger partial charge in [0, 0.05) is 17.4 Å². The van der Waals surface area contributed by atoms with E-state index in [-0.39, 0.29) is 23.8 Å². The minimum Gasteiger partial charge on any atom is -0.350 e. The lowest BCUT2D eigenvalue weighted by Crippen LogP contribution is -2.30. The fourth-order valence-electron chi connectivity index (χ4n) is 3.67. The molecule has 3 aromatic carbocycles. The van der Waals surface area contributed by atoms with E-state index in [1.165, 1.54) is 18.2 Å². The molecular formula is C29H26FN3O2. The van der Waals surface area contributed by atoms with E-state index >= 15 is 0 Å². The highest BCUT2D eigenvalue weighted by Crippen LogP contribution is 2.22. The van der Waals surface area contributed by atoms with Crippen LogP contribution in [0.3, 0.4) is 0 Å². The van der Waals surface area contributed by atoms with Crippen molar-refractivity contribution >= 4 is 17.5 Å². The first-order valence-corrected chi connectivity index (χ1v) is 11.4. The molecule has 0 unspecified atom stereocenters. The lowest BCUT2D eigenvalue weighted by atomic mass is 10.1. The van der Waals surface area contributed by atoms with Gasteiger partial charge < -0.3 is 10.2 Å². The average Bonchev–Trinajstić information content (AvgIpc) is 2.88. The van der Waals surface area contributed by atoms with Gasteiger partial charge in [0.15, 0.2) is 0 Å². The minimum absolute atomic E-state index is 0.115. The first kappa shape index (κ1) is 23.8. The van der Waals surface area contributed by atoms with Crippen LogP contribution in [0.5, 0.6) is 0 Å². The maximum absolute atomic E-state index is 13.8. The summed E-state index contributed by atoms with van der Waals surface area (Å²) in [6.07, 6.45) is 1.90. The molecule has 1 N–H and O–H groups in total. The number of aryl methyl sites for hydroxylation is 1. The number of hydrogen-bond donors (Lipinski definition) is 1. The van der Waals surface area contributed by atoms with E-state index in [9.17, 15) is 14.0 Å². The molecule has 0 spiro atoms. The zero-order chi connectivity index (χ0) is 24.6. The number of anilines is 1. The van der Waals surface area contributed by atoms with E-state index in [4.69, 9.17) is 0 Å². The molecule has 4 aromatic rings. The van der Waals surface area contributed by atoms with E-state index in [0.717, 1.165) is 22.4 Å². The number of benzene rings is 3. The molecule has 4 rings (SSSR count). The Labute approximate surface area is 204 Å². The number of amides is 2. The van der Waals surface area contributed by atoms with Crippen molar-refractivity contribution in [3.05, 3.63) is 131 Å². The normalized spacial score (nSPS) is 10.6. The Bertz CT molecular complexity index is 1290. The Morgan fingerprint density at radius 3 is 2.31 bits per heavy atom. The molecule has 0 saturated carbocycles. The quantitative estimate of drug-likeness (QED) is 0.386. The molecular weight excluding hydrogens is 441 g/mol. The molecule has 1 aromatic heterocycles. The molecule has 0 atom stereocenters. The van der Waals surface area contributed by atoms with Crippen LogP contribution < -0.4 is 10.2 Å². The summed E-state index contributed by atoms with van der Waals surface area (Å²) >= 11 is 0.